The molecule has 4 aliphatic carbocycles. The predicted molar refractivity (Wildman–Crippen MR) is 92.0 cm³/mol. The van der Waals surface area contributed by atoms with Gasteiger partial charge < -0.3 is 4.74 Å². The van der Waals surface area contributed by atoms with Gasteiger partial charge in [-0.2, -0.15) is 0 Å². The average Bonchev–Trinajstić information content (AvgIpc) is 2.52. The van der Waals surface area contributed by atoms with Crippen molar-refractivity contribution in [3.8, 4) is 0 Å². The summed E-state index contributed by atoms with van der Waals surface area (Å²) in [6.45, 7) is 1.58. The molecule has 0 heterocycles. The van der Waals surface area contributed by atoms with Gasteiger partial charge in [-0.15, -0.1) is 11.6 Å². The third-order valence-electron chi connectivity index (χ3n) is 6.20. The zero-order valence-corrected chi connectivity index (χ0v) is 15.0. The second-order valence-corrected chi connectivity index (χ2v) is 9.11. The van der Waals surface area contributed by atoms with Crippen molar-refractivity contribution in [2.24, 2.45) is 17.3 Å². The molecule has 0 aliphatic heterocycles. The number of esters is 1. The minimum Gasteiger partial charge on any atom is -0.454 e. The first kappa shape index (κ1) is 17.0. The van der Waals surface area contributed by atoms with Crippen LogP contribution >= 0.6 is 11.6 Å². The summed E-state index contributed by atoms with van der Waals surface area (Å²) in [6.07, 6.45) is 4.58. The number of ketones is 1. The highest BCUT2D eigenvalue weighted by Crippen LogP contribution is 2.64. The quantitative estimate of drug-likeness (QED) is 0.448. The maximum atomic E-state index is 13.0. The molecule has 134 valence electrons. The van der Waals surface area contributed by atoms with Crippen LogP contribution < -0.4 is 0 Å². The number of ether oxygens (including phenoxy) is 1. The zero-order valence-electron chi connectivity index (χ0n) is 14.3. The van der Waals surface area contributed by atoms with E-state index in [-0.39, 0.29) is 16.6 Å². The molecule has 0 amide bonds. The number of hydrogen-bond acceptors (Lipinski definition) is 3. The van der Waals surface area contributed by atoms with E-state index in [4.69, 9.17) is 16.3 Å². The van der Waals surface area contributed by atoms with Crippen molar-refractivity contribution in [1.82, 2.24) is 0 Å². The van der Waals surface area contributed by atoms with Crippen molar-refractivity contribution in [2.75, 3.05) is 0 Å². The predicted octanol–water partition coefficient (Wildman–Crippen LogP) is 4.52. The fraction of sp³-hybridized carbons (Fsp3) is 0.600. The molecule has 25 heavy (non-hydrogen) atoms. The molecule has 0 saturated heterocycles. The first-order valence-electron chi connectivity index (χ1n) is 8.98. The largest absolute Gasteiger partial charge is 0.454 e. The molecule has 4 bridgehead atoms. The Morgan fingerprint density at radius 1 is 1.16 bits per heavy atom. The van der Waals surface area contributed by atoms with Crippen molar-refractivity contribution >= 4 is 23.4 Å². The first-order valence-corrected chi connectivity index (χ1v) is 9.36. The van der Waals surface area contributed by atoms with Gasteiger partial charge in [-0.05, 0) is 81.5 Å². The Morgan fingerprint density at radius 3 is 2.32 bits per heavy atom. The van der Waals surface area contributed by atoms with Crippen molar-refractivity contribution in [3.05, 3.63) is 35.6 Å². The fourth-order valence-electron chi connectivity index (χ4n) is 5.58. The Balaban J connectivity index is 1.48. The van der Waals surface area contributed by atoms with E-state index in [0.29, 0.717) is 23.8 Å². The van der Waals surface area contributed by atoms with Crippen LogP contribution in [0.3, 0.4) is 0 Å². The van der Waals surface area contributed by atoms with Crippen LogP contribution in [0.5, 0.6) is 0 Å². The summed E-state index contributed by atoms with van der Waals surface area (Å²) in [6, 6.07) is 5.30. The molecule has 4 saturated carbocycles. The van der Waals surface area contributed by atoms with Crippen LogP contribution in [0.4, 0.5) is 4.39 Å². The summed E-state index contributed by atoms with van der Waals surface area (Å²) in [5.74, 6) is -0.000704. The third-order valence-corrected chi connectivity index (χ3v) is 6.65. The summed E-state index contributed by atoms with van der Waals surface area (Å²) in [4.78, 5) is 25.1. The number of benzene rings is 1. The van der Waals surface area contributed by atoms with Crippen LogP contribution in [0.1, 0.15) is 55.8 Å². The Labute approximate surface area is 151 Å². The number of rotatable bonds is 4. The molecular formula is C20H22ClFO3. The van der Waals surface area contributed by atoms with Crippen LogP contribution in [-0.4, -0.2) is 22.7 Å². The lowest BCUT2D eigenvalue weighted by Gasteiger charge is -2.58. The monoisotopic (exact) mass is 364 g/mol. The lowest BCUT2D eigenvalue weighted by atomic mass is 9.49. The molecule has 3 nitrogen and oxygen atoms in total. The molecule has 1 aromatic rings. The minimum absolute atomic E-state index is 0.271. The lowest BCUT2D eigenvalue weighted by molar-refractivity contribution is -0.172. The van der Waals surface area contributed by atoms with E-state index in [1.165, 1.54) is 24.3 Å². The number of alkyl halides is 1. The maximum Gasteiger partial charge on any atom is 0.312 e. The number of halogens is 2. The summed E-state index contributed by atoms with van der Waals surface area (Å²) >= 11 is 6.76. The fourth-order valence-corrected chi connectivity index (χ4v) is 6.27. The van der Waals surface area contributed by atoms with Crippen LogP contribution in [0.25, 0.3) is 0 Å². The first-order chi connectivity index (χ1) is 11.8. The summed E-state index contributed by atoms with van der Waals surface area (Å²) in [5.41, 5.74) is -0.176. The van der Waals surface area contributed by atoms with Gasteiger partial charge in [0.1, 0.15) is 5.82 Å². The topological polar surface area (TPSA) is 43.4 Å². The van der Waals surface area contributed by atoms with Crippen molar-refractivity contribution < 1.29 is 18.7 Å². The molecule has 4 aliphatic rings. The Hall–Kier alpha value is -1.42. The van der Waals surface area contributed by atoms with Gasteiger partial charge in [0.05, 0.1) is 5.41 Å². The highest BCUT2D eigenvalue weighted by Gasteiger charge is 2.61. The molecule has 1 aromatic carbocycles. The molecular weight excluding hydrogens is 343 g/mol. The van der Waals surface area contributed by atoms with Gasteiger partial charge in [0.25, 0.3) is 0 Å². The number of hydrogen-bond donors (Lipinski definition) is 0. The summed E-state index contributed by atoms with van der Waals surface area (Å²) in [5, 5.41) is 0. The van der Waals surface area contributed by atoms with Gasteiger partial charge in [0, 0.05) is 10.4 Å². The smallest absolute Gasteiger partial charge is 0.312 e. The molecule has 0 radical (unpaired) electrons. The van der Waals surface area contributed by atoms with Crippen LogP contribution in [-0.2, 0) is 9.53 Å². The highest BCUT2D eigenvalue weighted by molar-refractivity contribution is 6.24. The van der Waals surface area contributed by atoms with Crippen molar-refractivity contribution in [1.29, 1.82) is 0 Å². The minimum atomic E-state index is -0.878. The zero-order chi connectivity index (χ0) is 17.8. The standard InChI is InChI=1S/C20H22ClFO3/c1-12(17(23)15-2-4-16(22)5-3-15)25-18(24)19-7-13-6-14(8-19)10-20(21,9-13)11-19/h2-5,12-14H,6-11H2,1H3/t12-,13-,14+,19?,20?/m0/s1. The van der Waals surface area contributed by atoms with E-state index in [9.17, 15) is 14.0 Å². The molecule has 0 spiro atoms. The normalized spacial score (nSPS) is 36.9. The van der Waals surface area contributed by atoms with E-state index in [0.717, 1.165) is 32.1 Å². The molecule has 5 heteroatoms. The summed E-state index contributed by atoms with van der Waals surface area (Å²) < 4.78 is 18.6. The lowest BCUT2D eigenvalue weighted by Crippen LogP contribution is -2.56. The Kier molecular flexibility index (Phi) is 3.95. The molecule has 4 fully saturated rings. The number of carbonyl (C=O) groups excluding carboxylic acids is 2. The number of Topliss-reactive ketones (excluding diaryl/α,β-unsaturated/α-hetero) is 1. The van der Waals surface area contributed by atoms with Crippen molar-refractivity contribution in [3.63, 3.8) is 0 Å². The van der Waals surface area contributed by atoms with Crippen molar-refractivity contribution in [2.45, 2.75) is 56.4 Å². The second-order valence-electron chi connectivity index (χ2n) is 8.31. The van der Waals surface area contributed by atoms with Gasteiger partial charge in [0.2, 0.25) is 5.78 Å². The van der Waals surface area contributed by atoms with Gasteiger partial charge in [-0.3, -0.25) is 9.59 Å². The molecule has 0 N–H and O–H groups in total. The number of carbonyl (C=O) groups is 2. The van der Waals surface area contributed by atoms with Crippen LogP contribution in [0, 0.1) is 23.1 Å². The molecule has 0 aromatic heterocycles. The van der Waals surface area contributed by atoms with E-state index >= 15 is 0 Å². The molecule has 2 unspecified atom stereocenters. The molecule has 5 rings (SSSR count). The second kappa shape index (κ2) is 5.80. The third kappa shape index (κ3) is 2.99. The van der Waals surface area contributed by atoms with E-state index in [1.807, 2.05) is 0 Å². The van der Waals surface area contributed by atoms with E-state index < -0.39 is 17.3 Å². The maximum absolute atomic E-state index is 13.0. The van der Waals surface area contributed by atoms with Crippen LogP contribution in [0.15, 0.2) is 24.3 Å². The Morgan fingerprint density at radius 2 is 1.76 bits per heavy atom. The molecule has 5 atom stereocenters. The Bertz CT molecular complexity index is 700. The van der Waals surface area contributed by atoms with E-state index in [2.05, 4.69) is 0 Å². The summed E-state index contributed by atoms with van der Waals surface area (Å²) in [7, 11) is 0. The van der Waals surface area contributed by atoms with Crippen LogP contribution in [0.2, 0.25) is 0 Å². The van der Waals surface area contributed by atoms with Gasteiger partial charge in [0.15, 0.2) is 6.10 Å². The van der Waals surface area contributed by atoms with Gasteiger partial charge in [-0.25, -0.2) is 4.39 Å². The van der Waals surface area contributed by atoms with Gasteiger partial charge in [-0.1, -0.05) is 0 Å². The average molecular weight is 365 g/mol. The van der Waals surface area contributed by atoms with E-state index in [1.54, 1.807) is 6.92 Å². The van der Waals surface area contributed by atoms with Gasteiger partial charge >= 0.3 is 5.97 Å². The highest BCUT2D eigenvalue weighted by atomic mass is 35.5. The SMILES string of the molecule is C[C@H](OC(=O)C12C[C@@H]3C[C@@H](CC(Cl)(C3)C1)C2)C(=O)c1ccc(F)cc1.